The molecule has 2 aromatic carbocycles. The zero-order valence-corrected chi connectivity index (χ0v) is 12.4. The fourth-order valence-corrected chi connectivity index (χ4v) is 2.22. The molecule has 98 valence electrons. The molecule has 2 rings (SSSR count). The summed E-state index contributed by atoms with van der Waals surface area (Å²) in [5.41, 5.74) is 3.39. The molecule has 0 unspecified atom stereocenters. The summed E-state index contributed by atoms with van der Waals surface area (Å²) in [5.74, 6) is -0.122. The van der Waals surface area contributed by atoms with Crippen molar-refractivity contribution >= 4 is 33.2 Å². The van der Waals surface area contributed by atoms with Crippen LogP contribution in [0.1, 0.15) is 15.9 Å². The predicted molar refractivity (Wildman–Crippen MR) is 82.8 cm³/mol. The van der Waals surface area contributed by atoms with Crippen LogP contribution in [0.5, 0.6) is 0 Å². The van der Waals surface area contributed by atoms with Crippen molar-refractivity contribution in [1.29, 1.82) is 0 Å². The quantitative estimate of drug-likeness (QED) is 0.896. The van der Waals surface area contributed by atoms with Gasteiger partial charge in [-0.05, 0) is 47.1 Å². The van der Waals surface area contributed by atoms with E-state index in [2.05, 4.69) is 26.6 Å². The minimum atomic E-state index is -0.122. The zero-order valence-electron chi connectivity index (χ0n) is 10.8. The van der Waals surface area contributed by atoms with Crippen LogP contribution in [0.2, 0.25) is 0 Å². The number of halogens is 1. The predicted octanol–water partition coefficient (Wildman–Crippen LogP) is 4.05. The third kappa shape index (κ3) is 3.15. The molecule has 2 aromatic rings. The molecule has 0 aromatic heterocycles. The largest absolute Gasteiger partial charge is 0.386 e. The summed E-state index contributed by atoms with van der Waals surface area (Å²) in [4.78, 5) is 12.2. The Balaban J connectivity index is 2.26. The lowest BCUT2D eigenvalue weighted by atomic mass is 10.1. The van der Waals surface area contributed by atoms with Gasteiger partial charge in [-0.2, -0.15) is 0 Å². The molecule has 0 aliphatic heterocycles. The van der Waals surface area contributed by atoms with Crippen LogP contribution >= 0.6 is 15.9 Å². The molecule has 0 spiro atoms. The topological polar surface area (TPSA) is 41.1 Å². The highest BCUT2D eigenvalue weighted by atomic mass is 79.9. The molecule has 0 aliphatic carbocycles. The van der Waals surface area contributed by atoms with Gasteiger partial charge in [0.2, 0.25) is 0 Å². The molecule has 0 atom stereocenters. The van der Waals surface area contributed by atoms with Crippen LogP contribution in [0.25, 0.3) is 0 Å². The second kappa shape index (κ2) is 5.89. The summed E-state index contributed by atoms with van der Waals surface area (Å²) in [7, 11) is 1.82. The standard InChI is InChI=1S/C15H15BrN2O/c1-10-6-8-11(9-7-10)15(19)18-14-12(16)4-3-5-13(14)17-2/h3-9,17H,1-2H3,(H,18,19). The highest BCUT2D eigenvalue weighted by Crippen LogP contribution is 2.30. The van der Waals surface area contributed by atoms with Crippen molar-refractivity contribution in [1.82, 2.24) is 0 Å². The second-order valence-electron chi connectivity index (χ2n) is 4.23. The average Bonchev–Trinajstić information content (AvgIpc) is 2.41. The SMILES string of the molecule is CNc1cccc(Br)c1NC(=O)c1ccc(C)cc1. The van der Waals surface area contributed by atoms with Gasteiger partial charge in [-0.15, -0.1) is 0 Å². The number of nitrogens with one attached hydrogen (secondary N) is 2. The first kappa shape index (κ1) is 13.6. The van der Waals surface area contributed by atoms with E-state index in [1.807, 2.05) is 56.4 Å². The fraction of sp³-hybridized carbons (Fsp3) is 0.133. The molecule has 1 amide bonds. The van der Waals surface area contributed by atoms with Crippen LogP contribution in [-0.4, -0.2) is 13.0 Å². The lowest BCUT2D eigenvalue weighted by Gasteiger charge is -2.12. The number of hydrogen-bond acceptors (Lipinski definition) is 2. The van der Waals surface area contributed by atoms with Crippen molar-refractivity contribution in [2.24, 2.45) is 0 Å². The number of anilines is 2. The van der Waals surface area contributed by atoms with Crippen LogP contribution in [0.15, 0.2) is 46.9 Å². The van der Waals surface area contributed by atoms with Gasteiger partial charge >= 0.3 is 0 Å². The Kier molecular flexibility index (Phi) is 4.22. The second-order valence-corrected chi connectivity index (χ2v) is 5.09. The average molecular weight is 319 g/mol. The number of carbonyl (C=O) groups is 1. The third-order valence-corrected chi connectivity index (χ3v) is 3.50. The van der Waals surface area contributed by atoms with Crippen LogP contribution in [-0.2, 0) is 0 Å². The van der Waals surface area contributed by atoms with E-state index < -0.39 is 0 Å². The first-order valence-corrected chi connectivity index (χ1v) is 6.75. The number of carbonyl (C=O) groups excluding carboxylic acids is 1. The van der Waals surface area contributed by atoms with E-state index in [0.717, 1.165) is 21.4 Å². The maximum absolute atomic E-state index is 12.2. The summed E-state index contributed by atoms with van der Waals surface area (Å²) >= 11 is 3.45. The fourth-order valence-electron chi connectivity index (χ4n) is 1.75. The minimum absolute atomic E-state index is 0.122. The van der Waals surface area contributed by atoms with E-state index in [4.69, 9.17) is 0 Å². The Morgan fingerprint density at radius 1 is 1.11 bits per heavy atom. The Bertz CT molecular complexity index is 594. The normalized spacial score (nSPS) is 10.1. The molecule has 0 saturated carbocycles. The number of amides is 1. The van der Waals surface area contributed by atoms with Gasteiger partial charge in [0.25, 0.3) is 5.91 Å². The molecular weight excluding hydrogens is 304 g/mol. The molecular formula is C15H15BrN2O. The van der Waals surface area contributed by atoms with E-state index in [-0.39, 0.29) is 5.91 Å². The lowest BCUT2D eigenvalue weighted by molar-refractivity contribution is 0.102. The van der Waals surface area contributed by atoms with E-state index in [1.54, 1.807) is 0 Å². The number of rotatable bonds is 3. The van der Waals surface area contributed by atoms with Crippen molar-refractivity contribution in [3.8, 4) is 0 Å². The molecule has 0 heterocycles. The minimum Gasteiger partial charge on any atom is -0.386 e. The highest BCUT2D eigenvalue weighted by molar-refractivity contribution is 9.10. The van der Waals surface area contributed by atoms with Crippen molar-refractivity contribution in [3.63, 3.8) is 0 Å². The molecule has 3 nitrogen and oxygen atoms in total. The van der Waals surface area contributed by atoms with Gasteiger partial charge in [0.1, 0.15) is 0 Å². The highest BCUT2D eigenvalue weighted by Gasteiger charge is 2.11. The van der Waals surface area contributed by atoms with Crippen LogP contribution in [0, 0.1) is 6.92 Å². The molecule has 0 aliphatic rings. The number of para-hydroxylation sites is 1. The smallest absolute Gasteiger partial charge is 0.255 e. The number of benzene rings is 2. The van der Waals surface area contributed by atoms with E-state index in [0.29, 0.717) is 5.56 Å². The summed E-state index contributed by atoms with van der Waals surface area (Å²) in [6.07, 6.45) is 0. The molecule has 0 saturated heterocycles. The van der Waals surface area contributed by atoms with Gasteiger partial charge in [-0.1, -0.05) is 23.8 Å². The Labute approximate surface area is 121 Å². The van der Waals surface area contributed by atoms with Crippen molar-refractivity contribution in [2.75, 3.05) is 17.7 Å². The van der Waals surface area contributed by atoms with E-state index in [9.17, 15) is 4.79 Å². The maximum Gasteiger partial charge on any atom is 0.255 e. The van der Waals surface area contributed by atoms with Crippen molar-refractivity contribution in [2.45, 2.75) is 6.92 Å². The molecule has 0 fully saturated rings. The summed E-state index contributed by atoms with van der Waals surface area (Å²) < 4.78 is 0.847. The monoisotopic (exact) mass is 318 g/mol. The number of hydrogen-bond donors (Lipinski definition) is 2. The maximum atomic E-state index is 12.2. The summed E-state index contributed by atoms with van der Waals surface area (Å²) in [6.45, 7) is 1.99. The Hall–Kier alpha value is -1.81. The van der Waals surface area contributed by atoms with Crippen molar-refractivity contribution < 1.29 is 4.79 Å². The Morgan fingerprint density at radius 3 is 2.42 bits per heavy atom. The van der Waals surface area contributed by atoms with Gasteiger partial charge in [0.05, 0.1) is 11.4 Å². The van der Waals surface area contributed by atoms with Gasteiger partial charge in [-0.25, -0.2) is 0 Å². The first-order chi connectivity index (χ1) is 9.11. The van der Waals surface area contributed by atoms with E-state index >= 15 is 0 Å². The van der Waals surface area contributed by atoms with Gasteiger partial charge < -0.3 is 10.6 Å². The van der Waals surface area contributed by atoms with Crippen LogP contribution in [0.4, 0.5) is 11.4 Å². The van der Waals surface area contributed by atoms with Gasteiger partial charge in [0, 0.05) is 17.1 Å². The van der Waals surface area contributed by atoms with Gasteiger partial charge in [0.15, 0.2) is 0 Å². The van der Waals surface area contributed by atoms with Crippen LogP contribution < -0.4 is 10.6 Å². The zero-order chi connectivity index (χ0) is 13.8. The van der Waals surface area contributed by atoms with E-state index in [1.165, 1.54) is 0 Å². The Morgan fingerprint density at radius 2 is 1.79 bits per heavy atom. The molecule has 4 heteroatoms. The summed E-state index contributed by atoms with van der Waals surface area (Å²) in [6, 6.07) is 13.2. The summed E-state index contributed by atoms with van der Waals surface area (Å²) in [5, 5.41) is 5.97. The van der Waals surface area contributed by atoms with Crippen LogP contribution in [0.3, 0.4) is 0 Å². The van der Waals surface area contributed by atoms with Gasteiger partial charge in [-0.3, -0.25) is 4.79 Å². The first-order valence-electron chi connectivity index (χ1n) is 5.96. The lowest BCUT2D eigenvalue weighted by Crippen LogP contribution is -2.13. The third-order valence-electron chi connectivity index (χ3n) is 2.84. The van der Waals surface area contributed by atoms with Crippen molar-refractivity contribution in [3.05, 3.63) is 58.1 Å². The molecule has 19 heavy (non-hydrogen) atoms. The molecule has 0 radical (unpaired) electrons. The molecule has 0 bridgehead atoms. The number of aryl methyl sites for hydroxylation is 1. The molecule has 2 N–H and O–H groups in total.